The summed E-state index contributed by atoms with van der Waals surface area (Å²) in [5.74, 6) is -0.126. The summed E-state index contributed by atoms with van der Waals surface area (Å²) in [5, 5.41) is 0. The van der Waals surface area contributed by atoms with Gasteiger partial charge in [0.05, 0.1) is 17.0 Å². The summed E-state index contributed by atoms with van der Waals surface area (Å²) in [7, 11) is 1.69. The van der Waals surface area contributed by atoms with Crippen molar-refractivity contribution in [1.82, 2.24) is 0 Å². The summed E-state index contributed by atoms with van der Waals surface area (Å²) in [4.78, 5) is 13.5. The zero-order valence-electron chi connectivity index (χ0n) is 11.2. The Bertz CT molecular complexity index is 441. The Kier molecular flexibility index (Phi) is 4.76. The van der Waals surface area contributed by atoms with Crippen LogP contribution in [-0.4, -0.2) is 25.2 Å². The van der Waals surface area contributed by atoms with Gasteiger partial charge >= 0.3 is 0 Å². The lowest BCUT2D eigenvalue weighted by Crippen LogP contribution is -2.34. The number of carbonyl (C=O) groups excluding carboxylic acids is 1. The Morgan fingerprint density at radius 3 is 2.56 bits per heavy atom. The number of hydrogen-bond donors (Lipinski definition) is 1. The van der Waals surface area contributed by atoms with E-state index < -0.39 is 0 Å². The van der Waals surface area contributed by atoms with Crippen LogP contribution in [0.3, 0.4) is 0 Å². The van der Waals surface area contributed by atoms with Gasteiger partial charge in [0.15, 0.2) is 0 Å². The number of carbonyl (C=O) groups is 1. The van der Waals surface area contributed by atoms with Crippen LogP contribution in [0.25, 0.3) is 0 Å². The van der Waals surface area contributed by atoms with Crippen LogP contribution < -0.4 is 10.6 Å². The third kappa shape index (κ3) is 4.31. The molecule has 0 saturated carbocycles. The first-order chi connectivity index (χ1) is 8.20. The molecule has 1 aromatic carbocycles. The normalized spacial score (nSPS) is 11.4. The second-order valence-corrected chi connectivity index (χ2v) is 5.97. The van der Waals surface area contributed by atoms with E-state index in [4.69, 9.17) is 10.5 Å². The first-order valence-corrected chi connectivity index (χ1v) is 6.45. The van der Waals surface area contributed by atoms with Crippen LogP contribution in [0.4, 0.5) is 11.4 Å². The molecule has 0 spiro atoms. The summed E-state index contributed by atoms with van der Waals surface area (Å²) >= 11 is 3.33. The molecule has 4 nitrogen and oxygen atoms in total. The zero-order chi connectivity index (χ0) is 13.9. The Hall–Kier alpha value is -1.07. The lowest BCUT2D eigenvalue weighted by atomic mass is 10.2. The van der Waals surface area contributed by atoms with E-state index in [1.807, 2.05) is 26.8 Å². The number of amides is 1. The van der Waals surface area contributed by atoms with E-state index in [0.717, 1.165) is 4.47 Å². The van der Waals surface area contributed by atoms with Crippen LogP contribution >= 0.6 is 15.9 Å². The highest BCUT2D eigenvalue weighted by Crippen LogP contribution is 2.26. The number of benzene rings is 1. The highest BCUT2D eigenvalue weighted by Gasteiger charge is 2.17. The minimum atomic E-state index is -0.332. The third-order valence-corrected chi connectivity index (χ3v) is 2.85. The van der Waals surface area contributed by atoms with Crippen molar-refractivity contribution in [3.63, 3.8) is 0 Å². The van der Waals surface area contributed by atoms with Gasteiger partial charge in [-0.05, 0) is 39.0 Å². The van der Waals surface area contributed by atoms with Crippen LogP contribution in [0.15, 0.2) is 22.7 Å². The number of nitrogen functional groups attached to an aromatic ring is 1. The highest BCUT2D eigenvalue weighted by atomic mass is 79.9. The predicted octanol–water partition coefficient (Wildman–Crippen LogP) is 2.81. The maximum absolute atomic E-state index is 12.0. The van der Waals surface area contributed by atoms with Crippen molar-refractivity contribution in [3.05, 3.63) is 22.7 Å². The Morgan fingerprint density at radius 2 is 2.06 bits per heavy atom. The molecule has 1 amide bonds. The molecule has 1 rings (SSSR count). The largest absolute Gasteiger partial charge is 0.397 e. The molecule has 0 heterocycles. The number of nitrogens with two attached hydrogens (primary N) is 1. The molecule has 2 N–H and O–H groups in total. The standard InChI is InChI=1S/C13H19BrN2O2/c1-13(2,3)18-8-12(17)16(4)11-6-5-9(14)7-10(11)15/h5-7H,8,15H2,1-4H3. The van der Waals surface area contributed by atoms with Gasteiger partial charge in [-0.3, -0.25) is 4.79 Å². The van der Waals surface area contributed by atoms with Gasteiger partial charge in [0.1, 0.15) is 6.61 Å². The number of hydrogen-bond acceptors (Lipinski definition) is 3. The van der Waals surface area contributed by atoms with Gasteiger partial charge in [-0.2, -0.15) is 0 Å². The minimum Gasteiger partial charge on any atom is -0.397 e. The number of rotatable bonds is 3. The van der Waals surface area contributed by atoms with Gasteiger partial charge in [0, 0.05) is 11.5 Å². The molecular formula is C13H19BrN2O2. The van der Waals surface area contributed by atoms with Crippen LogP contribution in [0.5, 0.6) is 0 Å². The van der Waals surface area contributed by atoms with Crippen molar-refractivity contribution < 1.29 is 9.53 Å². The molecule has 0 aliphatic heterocycles. The average Bonchev–Trinajstić information content (AvgIpc) is 2.24. The second-order valence-electron chi connectivity index (χ2n) is 5.06. The quantitative estimate of drug-likeness (QED) is 0.873. The van der Waals surface area contributed by atoms with Gasteiger partial charge in [0.2, 0.25) is 0 Å². The van der Waals surface area contributed by atoms with Crippen LogP contribution in [0.2, 0.25) is 0 Å². The van der Waals surface area contributed by atoms with Crippen molar-refractivity contribution in [2.24, 2.45) is 0 Å². The van der Waals surface area contributed by atoms with Crippen molar-refractivity contribution in [3.8, 4) is 0 Å². The lowest BCUT2D eigenvalue weighted by Gasteiger charge is -2.23. The number of anilines is 2. The van der Waals surface area contributed by atoms with E-state index in [-0.39, 0.29) is 18.1 Å². The molecule has 1 aromatic rings. The van der Waals surface area contributed by atoms with Crippen molar-refractivity contribution in [1.29, 1.82) is 0 Å². The van der Waals surface area contributed by atoms with E-state index in [1.165, 1.54) is 4.90 Å². The van der Waals surface area contributed by atoms with E-state index in [2.05, 4.69) is 15.9 Å². The lowest BCUT2D eigenvalue weighted by molar-refractivity contribution is -0.127. The molecule has 0 unspecified atom stereocenters. The molecule has 0 aliphatic rings. The monoisotopic (exact) mass is 314 g/mol. The van der Waals surface area contributed by atoms with Gasteiger partial charge in [-0.1, -0.05) is 15.9 Å². The zero-order valence-corrected chi connectivity index (χ0v) is 12.7. The van der Waals surface area contributed by atoms with Crippen molar-refractivity contribution in [2.45, 2.75) is 26.4 Å². The van der Waals surface area contributed by atoms with Crippen LogP contribution in [0, 0.1) is 0 Å². The number of halogens is 1. The maximum Gasteiger partial charge on any atom is 0.252 e. The topological polar surface area (TPSA) is 55.6 Å². The summed E-state index contributed by atoms with van der Waals surface area (Å²) < 4.78 is 6.34. The SMILES string of the molecule is CN(C(=O)COC(C)(C)C)c1ccc(Br)cc1N. The van der Waals surface area contributed by atoms with E-state index in [0.29, 0.717) is 11.4 Å². The Morgan fingerprint density at radius 1 is 1.44 bits per heavy atom. The average molecular weight is 315 g/mol. The molecule has 100 valence electrons. The summed E-state index contributed by atoms with van der Waals surface area (Å²) in [5.41, 5.74) is 6.78. The molecule has 18 heavy (non-hydrogen) atoms. The first-order valence-electron chi connectivity index (χ1n) is 5.66. The first kappa shape index (κ1) is 15.0. The highest BCUT2D eigenvalue weighted by molar-refractivity contribution is 9.10. The number of nitrogens with zero attached hydrogens (tertiary/aromatic N) is 1. The summed E-state index contributed by atoms with van der Waals surface area (Å²) in [6.07, 6.45) is 0. The molecule has 0 radical (unpaired) electrons. The number of likely N-dealkylation sites (N-methyl/N-ethyl adjacent to an activating group) is 1. The van der Waals surface area contributed by atoms with Gasteiger partial charge in [-0.25, -0.2) is 0 Å². The van der Waals surface area contributed by atoms with E-state index in [1.54, 1.807) is 19.2 Å². The fraction of sp³-hybridized carbons (Fsp3) is 0.462. The molecule has 0 aliphatic carbocycles. The molecule has 5 heteroatoms. The Balaban J connectivity index is 2.74. The van der Waals surface area contributed by atoms with Gasteiger partial charge < -0.3 is 15.4 Å². The van der Waals surface area contributed by atoms with Crippen molar-refractivity contribution >= 4 is 33.2 Å². The van der Waals surface area contributed by atoms with E-state index in [9.17, 15) is 4.79 Å². The van der Waals surface area contributed by atoms with Gasteiger partial charge in [0.25, 0.3) is 5.91 Å². The maximum atomic E-state index is 12.0. The molecule has 0 aromatic heterocycles. The third-order valence-electron chi connectivity index (χ3n) is 2.35. The molecule has 0 saturated heterocycles. The van der Waals surface area contributed by atoms with E-state index >= 15 is 0 Å². The van der Waals surface area contributed by atoms with Gasteiger partial charge in [-0.15, -0.1) is 0 Å². The Labute approximate surface area is 116 Å². The molecule has 0 atom stereocenters. The molecule has 0 fully saturated rings. The fourth-order valence-electron chi connectivity index (χ4n) is 1.34. The number of ether oxygens (including phenoxy) is 1. The summed E-state index contributed by atoms with van der Waals surface area (Å²) in [6, 6.07) is 5.41. The fourth-order valence-corrected chi connectivity index (χ4v) is 1.72. The smallest absolute Gasteiger partial charge is 0.252 e. The van der Waals surface area contributed by atoms with Crippen LogP contribution in [0.1, 0.15) is 20.8 Å². The second kappa shape index (κ2) is 5.71. The summed E-state index contributed by atoms with van der Waals surface area (Å²) in [6.45, 7) is 5.77. The predicted molar refractivity (Wildman–Crippen MR) is 77.7 cm³/mol. The minimum absolute atomic E-state index is 0.0372. The van der Waals surface area contributed by atoms with Crippen LogP contribution in [-0.2, 0) is 9.53 Å². The molecular weight excluding hydrogens is 296 g/mol. The molecule has 0 bridgehead atoms. The van der Waals surface area contributed by atoms with Crippen molar-refractivity contribution in [2.75, 3.05) is 24.3 Å².